The molecule has 0 radical (unpaired) electrons. The van der Waals surface area contributed by atoms with Crippen LogP contribution in [0.5, 0.6) is 0 Å². The normalized spacial score (nSPS) is 11.7. The Morgan fingerprint density at radius 2 is 2.09 bits per heavy atom. The van der Waals surface area contributed by atoms with E-state index in [-0.39, 0.29) is 12.1 Å². The van der Waals surface area contributed by atoms with E-state index in [1.165, 1.54) is 11.8 Å². The fraction of sp³-hybridized carbons (Fsp3) is 0.417. The molecule has 0 aliphatic heterocycles. The number of hydrogen-bond donors (Lipinski definition) is 4. The standard InChI is InChI=1S/C12H15N3O6S/c1-22-5-8-13-7(4-9(16)15-8)11(19)14-6(12(20)21)2-3-10(17)18/h4,6H,2-3,5H2,1H3,(H,14,19)(H,17,18)(H,20,21)(H,13,15,16)/t6-/m0/s1. The number of aromatic amines is 1. The van der Waals surface area contributed by atoms with Gasteiger partial charge in [-0.3, -0.25) is 14.4 Å². The number of rotatable bonds is 8. The van der Waals surface area contributed by atoms with E-state index < -0.39 is 35.9 Å². The molecule has 0 fully saturated rings. The van der Waals surface area contributed by atoms with Crippen molar-refractivity contribution < 1.29 is 24.6 Å². The van der Waals surface area contributed by atoms with Gasteiger partial charge in [0.1, 0.15) is 17.6 Å². The van der Waals surface area contributed by atoms with Gasteiger partial charge in [0.25, 0.3) is 11.5 Å². The Morgan fingerprint density at radius 1 is 1.41 bits per heavy atom. The van der Waals surface area contributed by atoms with Gasteiger partial charge in [-0.15, -0.1) is 0 Å². The van der Waals surface area contributed by atoms with Crippen LogP contribution in [0.2, 0.25) is 0 Å². The number of hydrogen-bond acceptors (Lipinski definition) is 6. The number of nitrogens with zero attached hydrogens (tertiary/aromatic N) is 1. The first-order valence-corrected chi connectivity index (χ1v) is 7.57. The van der Waals surface area contributed by atoms with Gasteiger partial charge in [-0.1, -0.05) is 0 Å². The molecule has 0 aromatic carbocycles. The van der Waals surface area contributed by atoms with Crippen LogP contribution in [0.3, 0.4) is 0 Å². The number of aromatic nitrogens is 2. The van der Waals surface area contributed by atoms with Crippen LogP contribution in [0.15, 0.2) is 10.9 Å². The third-order valence-electron chi connectivity index (χ3n) is 2.55. The average Bonchev–Trinajstić information content (AvgIpc) is 2.42. The molecule has 0 aliphatic carbocycles. The van der Waals surface area contributed by atoms with Crippen LogP contribution in [0.1, 0.15) is 29.2 Å². The lowest BCUT2D eigenvalue weighted by Gasteiger charge is -2.13. The summed E-state index contributed by atoms with van der Waals surface area (Å²) >= 11 is 1.39. The summed E-state index contributed by atoms with van der Waals surface area (Å²) in [4.78, 5) is 51.3. The second-order valence-electron chi connectivity index (χ2n) is 4.31. The zero-order chi connectivity index (χ0) is 16.7. The first kappa shape index (κ1) is 17.7. The van der Waals surface area contributed by atoms with Crippen molar-refractivity contribution in [3.05, 3.63) is 27.9 Å². The first-order chi connectivity index (χ1) is 10.3. The molecule has 120 valence electrons. The quantitative estimate of drug-likeness (QED) is 0.507. The van der Waals surface area contributed by atoms with Crippen molar-refractivity contribution in [1.29, 1.82) is 0 Å². The molecule has 0 aliphatic rings. The van der Waals surface area contributed by atoms with E-state index >= 15 is 0 Å². The molecule has 0 saturated heterocycles. The van der Waals surface area contributed by atoms with E-state index in [0.717, 1.165) is 6.07 Å². The van der Waals surface area contributed by atoms with Crippen molar-refractivity contribution in [3.63, 3.8) is 0 Å². The molecule has 1 amide bonds. The number of nitrogens with one attached hydrogen (secondary N) is 2. The van der Waals surface area contributed by atoms with Crippen LogP contribution in [0.4, 0.5) is 0 Å². The lowest BCUT2D eigenvalue weighted by molar-refractivity contribution is -0.140. The third kappa shape index (κ3) is 5.56. The number of carboxylic acids is 2. The third-order valence-corrected chi connectivity index (χ3v) is 3.12. The predicted octanol–water partition coefficient (Wildman–Crippen LogP) is -0.319. The summed E-state index contributed by atoms with van der Waals surface area (Å²) in [6.07, 6.45) is 1.12. The molecule has 1 aromatic rings. The first-order valence-electron chi connectivity index (χ1n) is 6.18. The van der Waals surface area contributed by atoms with E-state index in [4.69, 9.17) is 10.2 Å². The molecule has 1 atom stereocenters. The Hall–Kier alpha value is -2.36. The molecule has 1 rings (SSSR count). The highest BCUT2D eigenvalue weighted by molar-refractivity contribution is 7.97. The Kier molecular flexibility index (Phi) is 6.57. The Bertz CT molecular complexity index is 630. The zero-order valence-electron chi connectivity index (χ0n) is 11.7. The summed E-state index contributed by atoms with van der Waals surface area (Å²) in [7, 11) is 0. The maximum atomic E-state index is 12.0. The van der Waals surface area contributed by atoms with Crippen molar-refractivity contribution in [2.45, 2.75) is 24.6 Å². The Balaban J connectivity index is 2.87. The molecule has 0 bridgehead atoms. The number of aliphatic carboxylic acids is 2. The highest BCUT2D eigenvalue weighted by Gasteiger charge is 2.22. The number of carbonyl (C=O) groups excluding carboxylic acids is 1. The number of H-pyrrole nitrogens is 1. The molecule has 0 spiro atoms. The molecule has 0 saturated carbocycles. The minimum absolute atomic E-state index is 0.214. The molecular weight excluding hydrogens is 314 g/mol. The van der Waals surface area contributed by atoms with Crippen LogP contribution in [0, 0.1) is 0 Å². The van der Waals surface area contributed by atoms with Crippen LogP contribution < -0.4 is 10.9 Å². The van der Waals surface area contributed by atoms with Crippen molar-refractivity contribution in [3.8, 4) is 0 Å². The number of amides is 1. The maximum absolute atomic E-state index is 12.0. The minimum atomic E-state index is -1.37. The van der Waals surface area contributed by atoms with Crippen LogP contribution in [0.25, 0.3) is 0 Å². The number of carbonyl (C=O) groups is 3. The largest absolute Gasteiger partial charge is 0.481 e. The summed E-state index contributed by atoms with van der Waals surface area (Å²) in [5, 5.41) is 19.7. The van der Waals surface area contributed by atoms with E-state index in [1.807, 2.05) is 0 Å². The van der Waals surface area contributed by atoms with Crippen molar-refractivity contribution in [1.82, 2.24) is 15.3 Å². The smallest absolute Gasteiger partial charge is 0.326 e. The highest BCUT2D eigenvalue weighted by Crippen LogP contribution is 2.04. The summed E-state index contributed by atoms with van der Waals surface area (Å²) < 4.78 is 0. The minimum Gasteiger partial charge on any atom is -0.481 e. The van der Waals surface area contributed by atoms with Gasteiger partial charge in [0, 0.05) is 12.5 Å². The van der Waals surface area contributed by atoms with Gasteiger partial charge < -0.3 is 20.5 Å². The second kappa shape index (κ2) is 8.17. The topological polar surface area (TPSA) is 149 Å². The Morgan fingerprint density at radius 3 is 2.64 bits per heavy atom. The van der Waals surface area contributed by atoms with E-state index in [1.54, 1.807) is 6.26 Å². The lowest BCUT2D eigenvalue weighted by atomic mass is 10.1. The van der Waals surface area contributed by atoms with E-state index in [9.17, 15) is 19.2 Å². The molecule has 10 heteroatoms. The zero-order valence-corrected chi connectivity index (χ0v) is 12.5. The van der Waals surface area contributed by atoms with Crippen molar-refractivity contribution in [2.75, 3.05) is 6.26 Å². The fourth-order valence-electron chi connectivity index (χ4n) is 1.59. The highest BCUT2D eigenvalue weighted by atomic mass is 32.2. The maximum Gasteiger partial charge on any atom is 0.326 e. The average molecular weight is 329 g/mol. The summed E-state index contributed by atoms with van der Waals surface area (Å²) in [6.45, 7) is 0. The molecule has 9 nitrogen and oxygen atoms in total. The number of carboxylic acid groups (broad SMARTS) is 2. The van der Waals surface area contributed by atoms with Crippen LogP contribution in [-0.2, 0) is 15.3 Å². The molecule has 4 N–H and O–H groups in total. The summed E-state index contributed by atoms with van der Waals surface area (Å²) in [5.74, 6) is -2.69. The SMILES string of the molecule is CSCc1nc(C(=O)N[C@@H](CCC(=O)O)C(=O)O)cc(=O)[nH]1. The van der Waals surface area contributed by atoms with Gasteiger partial charge in [0.15, 0.2) is 0 Å². The second-order valence-corrected chi connectivity index (χ2v) is 5.17. The van der Waals surface area contributed by atoms with Crippen LogP contribution >= 0.6 is 11.8 Å². The molecule has 22 heavy (non-hydrogen) atoms. The molecular formula is C12H15N3O6S. The number of thioether (sulfide) groups is 1. The summed E-state index contributed by atoms with van der Waals surface area (Å²) in [5.41, 5.74) is -0.740. The monoisotopic (exact) mass is 329 g/mol. The predicted molar refractivity (Wildman–Crippen MR) is 77.8 cm³/mol. The fourth-order valence-corrected chi connectivity index (χ4v) is 2.00. The molecule has 0 unspecified atom stereocenters. The van der Waals surface area contributed by atoms with Gasteiger partial charge in [-0.2, -0.15) is 11.8 Å². The van der Waals surface area contributed by atoms with Gasteiger partial charge in [0.2, 0.25) is 0 Å². The summed E-state index contributed by atoms with van der Waals surface area (Å²) in [6, 6.07) is -0.413. The van der Waals surface area contributed by atoms with Gasteiger partial charge >= 0.3 is 11.9 Å². The van der Waals surface area contributed by atoms with Crippen LogP contribution in [-0.4, -0.2) is 50.3 Å². The lowest BCUT2D eigenvalue weighted by Crippen LogP contribution is -2.41. The van der Waals surface area contributed by atoms with E-state index in [2.05, 4.69) is 15.3 Å². The molecule has 1 aromatic heterocycles. The van der Waals surface area contributed by atoms with Gasteiger partial charge in [-0.05, 0) is 12.7 Å². The van der Waals surface area contributed by atoms with Gasteiger partial charge in [0.05, 0.1) is 5.75 Å². The van der Waals surface area contributed by atoms with Gasteiger partial charge in [-0.25, -0.2) is 9.78 Å². The van der Waals surface area contributed by atoms with Crippen molar-refractivity contribution in [2.24, 2.45) is 0 Å². The molecule has 1 heterocycles. The Labute approximate surface area is 129 Å². The van der Waals surface area contributed by atoms with E-state index in [0.29, 0.717) is 11.6 Å². The van der Waals surface area contributed by atoms with Crippen molar-refractivity contribution >= 4 is 29.6 Å².